The number of ether oxygens (including phenoxy) is 1. The van der Waals surface area contributed by atoms with Crippen molar-refractivity contribution in [2.45, 2.75) is 26.0 Å². The van der Waals surface area contributed by atoms with Crippen LogP contribution in [0.15, 0.2) is 33.3 Å². The Morgan fingerprint density at radius 1 is 1.50 bits per heavy atom. The average Bonchev–Trinajstić information content (AvgIpc) is 3.14. The number of hydrogen-bond acceptors (Lipinski definition) is 5. The maximum atomic E-state index is 12.1. The summed E-state index contributed by atoms with van der Waals surface area (Å²) in [6, 6.07) is 7.63. The summed E-state index contributed by atoms with van der Waals surface area (Å²) in [5, 5.41) is 6.76. The molecule has 2 atom stereocenters. The van der Waals surface area contributed by atoms with Crippen molar-refractivity contribution in [1.29, 1.82) is 0 Å². The van der Waals surface area contributed by atoms with Gasteiger partial charge in [0.2, 0.25) is 17.6 Å². The van der Waals surface area contributed by atoms with Gasteiger partial charge in [-0.15, -0.1) is 0 Å². The summed E-state index contributed by atoms with van der Waals surface area (Å²) in [7, 11) is 0. The highest BCUT2D eigenvalue weighted by molar-refractivity contribution is 9.10. The van der Waals surface area contributed by atoms with Gasteiger partial charge in [-0.05, 0) is 25.5 Å². The van der Waals surface area contributed by atoms with Gasteiger partial charge in [0.15, 0.2) is 0 Å². The number of aromatic nitrogens is 2. The average molecular weight is 366 g/mol. The number of nitrogens with zero attached hydrogens (tertiary/aromatic N) is 2. The summed E-state index contributed by atoms with van der Waals surface area (Å²) in [4.78, 5) is 16.4. The lowest BCUT2D eigenvalue weighted by molar-refractivity contribution is -0.126. The fourth-order valence-electron chi connectivity index (χ4n) is 2.44. The lowest BCUT2D eigenvalue weighted by atomic mass is 10.0. The van der Waals surface area contributed by atoms with Gasteiger partial charge in [-0.1, -0.05) is 33.2 Å². The summed E-state index contributed by atoms with van der Waals surface area (Å²) in [5.41, 5.74) is 0.855. The van der Waals surface area contributed by atoms with E-state index in [2.05, 4.69) is 31.4 Å². The molecule has 0 spiro atoms. The molecule has 1 amide bonds. The second kappa shape index (κ2) is 6.58. The van der Waals surface area contributed by atoms with Gasteiger partial charge in [-0.2, -0.15) is 4.98 Å². The Balaban J connectivity index is 1.61. The SMILES string of the molecule is CC1OCCC1C(=O)NCc1nc(-c2cccc(Br)c2)no1. The van der Waals surface area contributed by atoms with Crippen molar-refractivity contribution in [2.75, 3.05) is 6.61 Å². The first-order valence-corrected chi connectivity index (χ1v) is 7.90. The van der Waals surface area contributed by atoms with Crippen LogP contribution in [0.1, 0.15) is 19.2 Å². The molecule has 7 heteroatoms. The van der Waals surface area contributed by atoms with E-state index in [1.54, 1.807) is 0 Å². The third-order valence-electron chi connectivity index (χ3n) is 3.68. The van der Waals surface area contributed by atoms with E-state index in [-0.39, 0.29) is 24.5 Å². The van der Waals surface area contributed by atoms with Crippen LogP contribution < -0.4 is 5.32 Å². The van der Waals surface area contributed by atoms with Crippen LogP contribution in [-0.4, -0.2) is 28.8 Å². The van der Waals surface area contributed by atoms with E-state index in [0.29, 0.717) is 18.3 Å². The minimum atomic E-state index is -0.104. The third-order valence-corrected chi connectivity index (χ3v) is 4.17. The van der Waals surface area contributed by atoms with Crippen LogP contribution in [0.25, 0.3) is 11.4 Å². The summed E-state index contributed by atoms with van der Waals surface area (Å²) in [6.45, 7) is 2.77. The predicted molar refractivity (Wildman–Crippen MR) is 82.8 cm³/mol. The van der Waals surface area contributed by atoms with Gasteiger partial charge in [0.05, 0.1) is 18.6 Å². The van der Waals surface area contributed by atoms with Crippen molar-refractivity contribution >= 4 is 21.8 Å². The minimum Gasteiger partial charge on any atom is -0.378 e. The van der Waals surface area contributed by atoms with E-state index in [4.69, 9.17) is 9.26 Å². The van der Waals surface area contributed by atoms with E-state index < -0.39 is 0 Å². The maximum absolute atomic E-state index is 12.1. The second-order valence-electron chi connectivity index (χ2n) is 5.21. The van der Waals surface area contributed by atoms with E-state index in [9.17, 15) is 4.79 Å². The van der Waals surface area contributed by atoms with Crippen molar-refractivity contribution in [3.63, 3.8) is 0 Å². The first-order valence-electron chi connectivity index (χ1n) is 7.11. The van der Waals surface area contributed by atoms with Crippen molar-refractivity contribution < 1.29 is 14.1 Å². The molecule has 1 fully saturated rings. The lowest BCUT2D eigenvalue weighted by Gasteiger charge is -2.12. The van der Waals surface area contributed by atoms with Crippen molar-refractivity contribution in [3.8, 4) is 11.4 Å². The molecule has 1 aromatic heterocycles. The lowest BCUT2D eigenvalue weighted by Crippen LogP contribution is -2.33. The molecule has 1 aromatic carbocycles. The molecule has 2 aromatic rings. The number of benzene rings is 1. The van der Waals surface area contributed by atoms with Gasteiger partial charge in [-0.25, -0.2) is 0 Å². The zero-order valence-electron chi connectivity index (χ0n) is 12.1. The Morgan fingerprint density at radius 3 is 3.09 bits per heavy atom. The molecule has 0 bridgehead atoms. The van der Waals surface area contributed by atoms with Crippen LogP contribution in [0.5, 0.6) is 0 Å². The highest BCUT2D eigenvalue weighted by Gasteiger charge is 2.30. The van der Waals surface area contributed by atoms with Crippen LogP contribution >= 0.6 is 15.9 Å². The first-order chi connectivity index (χ1) is 10.6. The minimum absolute atomic E-state index is 0.0350. The molecule has 1 aliphatic rings. The van der Waals surface area contributed by atoms with E-state index in [1.807, 2.05) is 31.2 Å². The van der Waals surface area contributed by atoms with E-state index in [0.717, 1.165) is 16.5 Å². The quantitative estimate of drug-likeness (QED) is 0.900. The highest BCUT2D eigenvalue weighted by atomic mass is 79.9. The molecule has 6 nitrogen and oxygen atoms in total. The molecule has 2 unspecified atom stereocenters. The van der Waals surface area contributed by atoms with E-state index in [1.165, 1.54) is 0 Å². The summed E-state index contributed by atoms with van der Waals surface area (Å²) >= 11 is 3.40. The molecule has 0 aliphatic carbocycles. The van der Waals surface area contributed by atoms with Gasteiger partial charge in [-0.3, -0.25) is 4.79 Å². The number of rotatable bonds is 4. The third kappa shape index (κ3) is 3.36. The van der Waals surface area contributed by atoms with Gasteiger partial charge < -0.3 is 14.6 Å². The Bertz CT molecular complexity index is 674. The summed E-state index contributed by atoms with van der Waals surface area (Å²) in [5.74, 6) is 0.748. The molecular formula is C15H16BrN3O3. The van der Waals surface area contributed by atoms with E-state index >= 15 is 0 Å². The number of hydrogen-bond donors (Lipinski definition) is 1. The smallest absolute Gasteiger partial charge is 0.246 e. The molecule has 0 radical (unpaired) electrons. The highest BCUT2D eigenvalue weighted by Crippen LogP contribution is 2.21. The normalized spacial score (nSPS) is 21.0. The molecule has 1 saturated heterocycles. The summed E-state index contributed by atoms with van der Waals surface area (Å²) in [6.07, 6.45) is 0.708. The maximum Gasteiger partial charge on any atom is 0.246 e. The molecule has 2 heterocycles. The van der Waals surface area contributed by atoms with Gasteiger partial charge >= 0.3 is 0 Å². The Kier molecular flexibility index (Phi) is 4.54. The zero-order valence-corrected chi connectivity index (χ0v) is 13.7. The molecule has 1 aliphatic heterocycles. The van der Waals surface area contributed by atoms with Crippen LogP contribution in [0.3, 0.4) is 0 Å². The predicted octanol–water partition coefficient (Wildman–Crippen LogP) is 2.54. The number of carbonyl (C=O) groups is 1. The Hall–Kier alpha value is -1.73. The van der Waals surface area contributed by atoms with Crippen molar-refractivity contribution in [1.82, 2.24) is 15.5 Å². The Labute approximate surface area is 136 Å². The molecular weight excluding hydrogens is 350 g/mol. The fourth-order valence-corrected chi connectivity index (χ4v) is 2.84. The van der Waals surface area contributed by atoms with Crippen LogP contribution in [-0.2, 0) is 16.1 Å². The van der Waals surface area contributed by atoms with Gasteiger partial charge in [0.25, 0.3) is 0 Å². The molecule has 116 valence electrons. The van der Waals surface area contributed by atoms with Crippen molar-refractivity contribution in [3.05, 3.63) is 34.6 Å². The van der Waals surface area contributed by atoms with Crippen LogP contribution in [0.4, 0.5) is 0 Å². The number of carbonyl (C=O) groups excluding carboxylic acids is 1. The zero-order chi connectivity index (χ0) is 15.5. The molecule has 1 N–H and O–H groups in total. The molecule has 0 saturated carbocycles. The standard InChI is InChI=1S/C15H16BrN3O3/c1-9-12(5-6-21-9)15(20)17-8-13-18-14(19-22-13)10-3-2-4-11(16)7-10/h2-4,7,9,12H,5-6,8H2,1H3,(H,17,20). The Morgan fingerprint density at radius 2 is 2.36 bits per heavy atom. The largest absolute Gasteiger partial charge is 0.378 e. The first kappa shape index (κ1) is 15.2. The second-order valence-corrected chi connectivity index (χ2v) is 6.13. The molecule has 22 heavy (non-hydrogen) atoms. The number of halogens is 1. The number of nitrogens with one attached hydrogen (secondary N) is 1. The van der Waals surface area contributed by atoms with Gasteiger partial charge in [0, 0.05) is 16.6 Å². The number of amides is 1. The molecule has 3 rings (SSSR count). The van der Waals surface area contributed by atoms with Crippen LogP contribution in [0, 0.1) is 5.92 Å². The fraction of sp³-hybridized carbons (Fsp3) is 0.400. The van der Waals surface area contributed by atoms with Crippen molar-refractivity contribution in [2.24, 2.45) is 5.92 Å². The topological polar surface area (TPSA) is 77.2 Å². The monoisotopic (exact) mass is 365 g/mol. The van der Waals surface area contributed by atoms with Gasteiger partial charge in [0.1, 0.15) is 0 Å². The van der Waals surface area contributed by atoms with Crippen LogP contribution in [0.2, 0.25) is 0 Å². The summed E-state index contributed by atoms with van der Waals surface area (Å²) < 4.78 is 11.5.